The Morgan fingerprint density at radius 3 is 2.39 bits per heavy atom. The second-order valence-electron chi connectivity index (χ2n) is 8.12. The quantitative estimate of drug-likeness (QED) is 0.602. The summed E-state index contributed by atoms with van der Waals surface area (Å²) in [5.74, 6) is -0.295. The molecule has 0 aromatic heterocycles. The molecule has 0 saturated carbocycles. The molecule has 1 aliphatic rings. The van der Waals surface area contributed by atoms with E-state index in [0.717, 1.165) is 31.6 Å². The topological polar surface area (TPSA) is 69.7 Å². The van der Waals surface area contributed by atoms with E-state index in [1.807, 2.05) is 13.0 Å². The van der Waals surface area contributed by atoms with Crippen LogP contribution >= 0.6 is 0 Å². The number of hydrogen-bond donors (Lipinski definition) is 1. The predicted octanol–water partition coefficient (Wildman–Crippen LogP) is 3.57. The molecular weight excluding hydrogens is 410 g/mol. The molecular formula is C24H33N3O3S. The zero-order valence-corrected chi connectivity index (χ0v) is 19.1. The van der Waals surface area contributed by atoms with Gasteiger partial charge in [-0.25, -0.2) is 8.42 Å². The van der Waals surface area contributed by atoms with E-state index in [4.69, 9.17) is 0 Å². The number of rotatable bonds is 9. The fraction of sp³-hybridized carbons (Fsp3) is 0.458. The van der Waals surface area contributed by atoms with Crippen molar-refractivity contribution in [2.75, 3.05) is 37.0 Å². The maximum atomic E-state index is 13.3. The number of hydrogen-bond acceptors (Lipinski definition) is 4. The number of nitrogens with zero attached hydrogens (tertiary/aromatic N) is 2. The Bertz CT molecular complexity index is 940. The van der Waals surface area contributed by atoms with Crippen LogP contribution in [0.1, 0.15) is 37.7 Å². The van der Waals surface area contributed by atoms with Crippen LogP contribution in [-0.2, 0) is 14.8 Å². The van der Waals surface area contributed by atoms with E-state index in [1.54, 1.807) is 48.5 Å². The summed E-state index contributed by atoms with van der Waals surface area (Å²) in [6, 6.07) is 15.5. The lowest BCUT2D eigenvalue weighted by Gasteiger charge is -2.24. The average Bonchev–Trinajstić information content (AvgIpc) is 3.04. The molecule has 0 radical (unpaired) electrons. The van der Waals surface area contributed by atoms with Crippen LogP contribution < -0.4 is 9.62 Å². The number of nitrogens with one attached hydrogen (secondary N) is 1. The summed E-state index contributed by atoms with van der Waals surface area (Å²) in [6.07, 6.45) is 5.96. The van der Waals surface area contributed by atoms with E-state index >= 15 is 0 Å². The molecule has 0 unspecified atom stereocenters. The maximum Gasteiger partial charge on any atom is 0.264 e. The van der Waals surface area contributed by atoms with Crippen molar-refractivity contribution in [3.05, 3.63) is 60.2 Å². The highest BCUT2D eigenvalue weighted by molar-refractivity contribution is 7.92. The van der Waals surface area contributed by atoms with Crippen LogP contribution in [0.2, 0.25) is 0 Å². The number of aryl methyl sites for hydroxylation is 1. The molecule has 0 atom stereocenters. The first-order valence-corrected chi connectivity index (χ1v) is 12.5. The van der Waals surface area contributed by atoms with E-state index in [9.17, 15) is 13.2 Å². The smallest absolute Gasteiger partial charge is 0.264 e. The fourth-order valence-electron chi connectivity index (χ4n) is 3.89. The van der Waals surface area contributed by atoms with Crippen LogP contribution in [0.4, 0.5) is 5.69 Å². The SMILES string of the molecule is Cc1cccc(N(CC(=O)NCCCN2CCCCCC2)S(=O)(=O)c2ccccc2)c1. The first kappa shape index (κ1) is 23.3. The van der Waals surface area contributed by atoms with E-state index in [2.05, 4.69) is 10.2 Å². The van der Waals surface area contributed by atoms with Crippen LogP contribution in [0.15, 0.2) is 59.5 Å². The van der Waals surface area contributed by atoms with Gasteiger partial charge < -0.3 is 10.2 Å². The fourth-order valence-corrected chi connectivity index (χ4v) is 5.33. The molecule has 0 bridgehead atoms. The molecule has 2 aromatic carbocycles. The summed E-state index contributed by atoms with van der Waals surface area (Å²) < 4.78 is 27.8. The predicted molar refractivity (Wildman–Crippen MR) is 125 cm³/mol. The lowest BCUT2D eigenvalue weighted by molar-refractivity contribution is -0.119. The summed E-state index contributed by atoms with van der Waals surface area (Å²) >= 11 is 0. The van der Waals surface area contributed by atoms with Crippen LogP contribution in [-0.4, -0.2) is 51.9 Å². The van der Waals surface area contributed by atoms with Gasteiger partial charge in [-0.2, -0.15) is 0 Å². The third kappa shape index (κ3) is 6.80. The Kier molecular flexibility index (Phi) is 8.49. The number of amides is 1. The zero-order chi connectivity index (χ0) is 22.1. The van der Waals surface area contributed by atoms with Gasteiger partial charge in [0.2, 0.25) is 5.91 Å². The van der Waals surface area contributed by atoms with Crippen molar-refractivity contribution >= 4 is 21.6 Å². The van der Waals surface area contributed by atoms with Gasteiger partial charge >= 0.3 is 0 Å². The monoisotopic (exact) mass is 443 g/mol. The largest absolute Gasteiger partial charge is 0.354 e. The average molecular weight is 444 g/mol. The van der Waals surface area contributed by atoms with Gasteiger partial charge in [0.05, 0.1) is 10.6 Å². The lowest BCUT2D eigenvalue weighted by Crippen LogP contribution is -2.41. The minimum atomic E-state index is -3.85. The Morgan fingerprint density at radius 1 is 1.00 bits per heavy atom. The summed E-state index contributed by atoms with van der Waals surface area (Å²) in [5.41, 5.74) is 1.42. The molecule has 1 heterocycles. The molecule has 0 spiro atoms. The Morgan fingerprint density at radius 2 is 1.71 bits per heavy atom. The van der Waals surface area contributed by atoms with Gasteiger partial charge in [0.1, 0.15) is 6.54 Å². The maximum absolute atomic E-state index is 13.3. The Balaban J connectivity index is 1.64. The Hall–Kier alpha value is -2.38. The number of anilines is 1. The van der Waals surface area contributed by atoms with Gasteiger partial charge in [-0.05, 0) is 75.6 Å². The number of benzene rings is 2. The van der Waals surface area contributed by atoms with Gasteiger partial charge in [0.25, 0.3) is 10.0 Å². The van der Waals surface area contributed by atoms with Crippen molar-refractivity contribution in [2.45, 2.75) is 43.9 Å². The van der Waals surface area contributed by atoms with E-state index in [1.165, 1.54) is 30.0 Å². The second kappa shape index (κ2) is 11.3. The molecule has 31 heavy (non-hydrogen) atoms. The van der Waals surface area contributed by atoms with Crippen LogP contribution in [0.25, 0.3) is 0 Å². The van der Waals surface area contributed by atoms with E-state index in [-0.39, 0.29) is 17.3 Å². The summed E-state index contributed by atoms with van der Waals surface area (Å²) in [4.78, 5) is 15.3. The van der Waals surface area contributed by atoms with Gasteiger partial charge in [0, 0.05) is 6.54 Å². The molecule has 0 aliphatic carbocycles. The minimum Gasteiger partial charge on any atom is -0.354 e. The van der Waals surface area contributed by atoms with Crippen molar-refractivity contribution in [1.29, 1.82) is 0 Å². The molecule has 1 aliphatic heterocycles. The second-order valence-corrected chi connectivity index (χ2v) is 9.99. The molecule has 6 nitrogen and oxygen atoms in total. The molecule has 7 heteroatoms. The van der Waals surface area contributed by atoms with Crippen molar-refractivity contribution < 1.29 is 13.2 Å². The first-order valence-electron chi connectivity index (χ1n) is 11.1. The minimum absolute atomic E-state index is 0.172. The Labute approximate surface area is 186 Å². The van der Waals surface area contributed by atoms with Crippen LogP contribution in [0, 0.1) is 6.92 Å². The summed E-state index contributed by atoms with van der Waals surface area (Å²) in [5, 5.41) is 2.90. The van der Waals surface area contributed by atoms with Crippen LogP contribution in [0.3, 0.4) is 0 Å². The number of carbonyl (C=O) groups is 1. The molecule has 1 fully saturated rings. The third-order valence-electron chi connectivity index (χ3n) is 5.58. The lowest BCUT2D eigenvalue weighted by atomic mass is 10.2. The normalized spacial score (nSPS) is 15.3. The highest BCUT2D eigenvalue weighted by Gasteiger charge is 2.27. The highest BCUT2D eigenvalue weighted by atomic mass is 32.2. The molecule has 1 saturated heterocycles. The van der Waals surface area contributed by atoms with Crippen LogP contribution in [0.5, 0.6) is 0 Å². The highest BCUT2D eigenvalue weighted by Crippen LogP contribution is 2.24. The molecule has 1 amide bonds. The van der Waals surface area contributed by atoms with Gasteiger partial charge in [-0.15, -0.1) is 0 Å². The van der Waals surface area contributed by atoms with E-state index < -0.39 is 10.0 Å². The van der Waals surface area contributed by atoms with E-state index in [0.29, 0.717) is 12.2 Å². The molecule has 1 N–H and O–H groups in total. The van der Waals surface area contributed by atoms with Crippen molar-refractivity contribution in [1.82, 2.24) is 10.2 Å². The molecule has 3 rings (SSSR count). The van der Waals surface area contributed by atoms with Gasteiger partial charge in [-0.3, -0.25) is 9.10 Å². The summed E-state index contributed by atoms with van der Waals surface area (Å²) in [6.45, 7) is 5.42. The molecule has 168 valence electrons. The van der Waals surface area contributed by atoms with Crippen molar-refractivity contribution in [3.63, 3.8) is 0 Å². The number of sulfonamides is 1. The standard InChI is InChI=1S/C24H33N3O3S/c1-21-11-9-12-22(19-21)27(31(29,30)23-13-5-4-6-14-23)20-24(28)25-15-10-18-26-16-7-2-3-8-17-26/h4-6,9,11-14,19H,2-3,7-8,10,15-18,20H2,1H3,(H,25,28). The van der Waals surface area contributed by atoms with Crippen molar-refractivity contribution in [3.8, 4) is 0 Å². The molecule has 2 aromatic rings. The van der Waals surface area contributed by atoms with Gasteiger partial charge in [-0.1, -0.05) is 43.2 Å². The third-order valence-corrected chi connectivity index (χ3v) is 7.37. The first-order chi connectivity index (χ1) is 15.0. The van der Waals surface area contributed by atoms with Crippen molar-refractivity contribution in [2.24, 2.45) is 0 Å². The summed E-state index contributed by atoms with van der Waals surface area (Å²) in [7, 11) is -3.85. The zero-order valence-electron chi connectivity index (χ0n) is 18.3. The number of likely N-dealkylation sites (tertiary alicyclic amines) is 1. The van der Waals surface area contributed by atoms with Gasteiger partial charge in [0.15, 0.2) is 0 Å². The number of carbonyl (C=O) groups excluding carboxylic acids is 1.